The van der Waals surface area contributed by atoms with E-state index in [9.17, 15) is 0 Å². The lowest BCUT2D eigenvalue weighted by Gasteiger charge is -2.46. The Morgan fingerprint density at radius 2 is 1.57 bits per heavy atom. The van der Waals surface area contributed by atoms with Crippen molar-refractivity contribution in [2.45, 2.75) is 79.0 Å². The largest absolute Gasteiger partial charge is 0.333 e. The maximum atomic E-state index is 5.64. The van der Waals surface area contributed by atoms with E-state index in [0.29, 0.717) is 40.3 Å². The van der Waals surface area contributed by atoms with E-state index in [1.54, 1.807) is 5.56 Å². The highest BCUT2D eigenvalue weighted by Crippen LogP contribution is 2.67. The van der Waals surface area contributed by atoms with Crippen molar-refractivity contribution in [3.05, 3.63) is 197 Å². The van der Waals surface area contributed by atoms with Gasteiger partial charge in [0.1, 0.15) is 0 Å². The van der Waals surface area contributed by atoms with Gasteiger partial charge in [-0.15, -0.1) is 11.8 Å². The normalized spacial score (nSPS) is 32.2. The standard InChI is InChI=1S/C58H50N4S/c1-34-16-23-46-51(30-34)62(57(3)28-27-41(35(2)54(46)57)39-19-24-43-47-31-36-26-29-58(47,33-36)63-52(43)32-39)56-59-48-14-8-6-12-44(48)55(60-56)38-17-21-40(22-18-38)61-49-15-9-7-13-45(49)53-42-11-5-4-10-37(42)20-25-50(53)61/h4-29,32,34-36,41,47,50,53-54H,30-31,33H2,1-3H3. The first-order valence-electron chi connectivity index (χ1n) is 23.3. The summed E-state index contributed by atoms with van der Waals surface area (Å²) in [5.41, 5.74) is 15.2. The molecule has 10 unspecified atom stereocenters. The molecule has 10 atom stereocenters. The van der Waals surface area contributed by atoms with Gasteiger partial charge in [0.05, 0.1) is 22.8 Å². The summed E-state index contributed by atoms with van der Waals surface area (Å²) in [6, 6.07) is 43.4. The first-order valence-corrected chi connectivity index (χ1v) is 24.1. The summed E-state index contributed by atoms with van der Waals surface area (Å²) >= 11 is 2.16. The highest BCUT2D eigenvalue weighted by molar-refractivity contribution is 8.01. The number of rotatable bonds is 4. The maximum Gasteiger partial charge on any atom is 0.231 e. The van der Waals surface area contributed by atoms with Crippen molar-refractivity contribution in [1.82, 2.24) is 9.97 Å². The molecule has 2 bridgehead atoms. The van der Waals surface area contributed by atoms with Crippen LogP contribution in [0.15, 0.2) is 174 Å². The lowest BCUT2D eigenvalue weighted by molar-refractivity contribution is 0.278. The van der Waals surface area contributed by atoms with E-state index in [4.69, 9.17) is 9.97 Å². The van der Waals surface area contributed by atoms with Crippen molar-refractivity contribution in [2.24, 2.45) is 23.7 Å². The lowest BCUT2D eigenvalue weighted by atomic mass is 9.64. The minimum Gasteiger partial charge on any atom is -0.333 e. The molecule has 308 valence electrons. The second-order valence-electron chi connectivity index (χ2n) is 20.0. The van der Waals surface area contributed by atoms with Crippen molar-refractivity contribution >= 4 is 46.1 Å². The van der Waals surface area contributed by atoms with Gasteiger partial charge < -0.3 is 9.80 Å². The Labute approximate surface area is 374 Å². The molecule has 4 heterocycles. The third kappa shape index (κ3) is 5.06. The van der Waals surface area contributed by atoms with Gasteiger partial charge in [0.2, 0.25) is 5.95 Å². The zero-order chi connectivity index (χ0) is 41.8. The number of fused-ring (bicyclic) bond motifs is 11. The smallest absolute Gasteiger partial charge is 0.231 e. The molecule has 8 aliphatic rings. The lowest BCUT2D eigenvalue weighted by Crippen LogP contribution is -2.50. The fraction of sp³-hybridized carbons (Fsp3) is 0.276. The van der Waals surface area contributed by atoms with Crippen molar-refractivity contribution in [3.63, 3.8) is 0 Å². The van der Waals surface area contributed by atoms with Crippen LogP contribution in [0.25, 0.3) is 28.2 Å². The van der Waals surface area contributed by atoms with Crippen LogP contribution in [-0.2, 0) is 0 Å². The summed E-state index contributed by atoms with van der Waals surface area (Å²) in [4.78, 5) is 17.7. The maximum absolute atomic E-state index is 5.64. The molecule has 1 saturated carbocycles. The van der Waals surface area contributed by atoms with E-state index in [-0.39, 0.29) is 11.6 Å². The SMILES string of the molecule is CC1C=CC2=C(C1)N(c1nc(-c3ccc(N4c5ccccc5C5c6ccccc6C=CC54)cc3)c3ccccc3n1)C1(C)C=CC(c3ccc4c(c3)SC35C=CC(CC43)C5)C(C)C21. The second-order valence-corrected chi connectivity index (χ2v) is 21.4. The van der Waals surface area contributed by atoms with E-state index in [1.807, 2.05) is 0 Å². The summed E-state index contributed by atoms with van der Waals surface area (Å²) in [6.07, 6.45) is 23.3. The van der Waals surface area contributed by atoms with Gasteiger partial charge in [0.15, 0.2) is 0 Å². The molecule has 1 fully saturated rings. The van der Waals surface area contributed by atoms with E-state index < -0.39 is 0 Å². The molecule has 3 aliphatic heterocycles. The highest BCUT2D eigenvalue weighted by Gasteiger charge is 2.56. The Morgan fingerprint density at radius 3 is 2.46 bits per heavy atom. The monoisotopic (exact) mass is 834 g/mol. The summed E-state index contributed by atoms with van der Waals surface area (Å²) in [5.74, 6) is 4.02. The van der Waals surface area contributed by atoms with Gasteiger partial charge in [-0.25, -0.2) is 9.97 Å². The first-order chi connectivity index (χ1) is 30.8. The number of hydrogen-bond acceptors (Lipinski definition) is 5. The van der Waals surface area contributed by atoms with Crippen LogP contribution in [0.5, 0.6) is 0 Å². The molecule has 5 aromatic carbocycles. The Hall–Kier alpha value is -5.91. The molecule has 0 radical (unpaired) electrons. The van der Waals surface area contributed by atoms with E-state index in [0.717, 1.165) is 40.4 Å². The van der Waals surface area contributed by atoms with Crippen molar-refractivity contribution in [3.8, 4) is 11.3 Å². The third-order valence-electron chi connectivity index (χ3n) is 16.5. The number of anilines is 3. The van der Waals surface area contributed by atoms with Gasteiger partial charge in [-0.05, 0) is 108 Å². The molecule has 1 aromatic heterocycles. The molecular formula is C58H50N4S. The van der Waals surface area contributed by atoms with Crippen LogP contribution in [0.2, 0.25) is 0 Å². The Balaban J connectivity index is 0.843. The Morgan fingerprint density at radius 1 is 0.746 bits per heavy atom. The van der Waals surface area contributed by atoms with Crippen LogP contribution < -0.4 is 9.80 Å². The molecule has 5 aliphatic carbocycles. The highest BCUT2D eigenvalue weighted by atomic mass is 32.2. The molecule has 0 N–H and O–H groups in total. The fourth-order valence-corrected chi connectivity index (χ4v) is 15.6. The second kappa shape index (κ2) is 13.1. The number of nitrogens with zero attached hydrogens (tertiary/aromatic N) is 4. The van der Waals surface area contributed by atoms with Crippen LogP contribution in [0.3, 0.4) is 0 Å². The number of benzene rings is 5. The first kappa shape index (κ1) is 36.6. The summed E-state index contributed by atoms with van der Waals surface area (Å²) in [7, 11) is 0. The molecule has 63 heavy (non-hydrogen) atoms. The number of allylic oxidation sites excluding steroid dienone is 5. The average Bonchev–Trinajstić information content (AvgIpc) is 4.10. The third-order valence-corrected chi connectivity index (χ3v) is 18.1. The molecule has 4 nitrogen and oxygen atoms in total. The summed E-state index contributed by atoms with van der Waals surface area (Å²) in [6.45, 7) is 7.30. The number of hydrogen-bond donors (Lipinski definition) is 0. The number of thioether (sulfide) groups is 1. The molecule has 5 heteroatoms. The van der Waals surface area contributed by atoms with Gasteiger partial charge in [-0.1, -0.05) is 147 Å². The molecular weight excluding hydrogens is 785 g/mol. The van der Waals surface area contributed by atoms with Crippen LogP contribution in [0.1, 0.15) is 85.6 Å². The van der Waals surface area contributed by atoms with Crippen LogP contribution in [0, 0.1) is 23.7 Å². The van der Waals surface area contributed by atoms with Crippen molar-refractivity contribution in [2.75, 3.05) is 9.80 Å². The zero-order valence-electron chi connectivity index (χ0n) is 36.0. The molecule has 6 aromatic rings. The molecule has 0 saturated heterocycles. The Bertz CT molecular complexity index is 3100. The quantitative estimate of drug-likeness (QED) is 0.165. The van der Waals surface area contributed by atoms with E-state index >= 15 is 0 Å². The minimum absolute atomic E-state index is 0.215. The van der Waals surface area contributed by atoms with Crippen molar-refractivity contribution < 1.29 is 0 Å². The minimum atomic E-state index is -0.310. The predicted molar refractivity (Wildman–Crippen MR) is 260 cm³/mol. The Kier molecular flexibility index (Phi) is 7.59. The van der Waals surface area contributed by atoms with Gasteiger partial charge in [-0.2, -0.15) is 0 Å². The van der Waals surface area contributed by atoms with Gasteiger partial charge in [0.25, 0.3) is 0 Å². The molecule has 0 amide bonds. The molecule has 14 rings (SSSR count). The van der Waals surface area contributed by atoms with Crippen LogP contribution >= 0.6 is 11.8 Å². The fourth-order valence-electron chi connectivity index (χ4n) is 13.8. The van der Waals surface area contributed by atoms with E-state index in [2.05, 4.69) is 206 Å². The van der Waals surface area contributed by atoms with Gasteiger partial charge in [-0.3, -0.25) is 0 Å². The summed E-state index contributed by atoms with van der Waals surface area (Å²) < 4.78 is 0.304. The summed E-state index contributed by atoms with van der Waals surface area (Å²) in [5, 5.41) is 1.08. The van der Waals surface area contributed by atoms with Crippen molar-refractivity contribution in [1.29, 1.82) is 0 Å². The number of aromatic nitrogens is 2. The molecule has 1 spiro atoms. The predicted octanol–water partition coefficient (Wildman–Crippen LogP) is 13.9. The van der Waals surface area contributed by atoms with Crippen LogP contribution in [-0.4, -0.2) is 26.3 Å². The number of para-hydroxylation sites is 2. The topological polar surface area (TPSA) is 32.3 Å². The van der Waals surface area contributed by atoms with Gasteiger partial charge in [0, 0.05) is 61.3 Å². The van der Waals surface area contributed by atoms with Crippen LogP contribution in [0.4, 0.5) is 17.3 Å². The van der Waals surface area contributed by atoms with Gasteiger partial charge >= 0.3 is 0 Å². The zero-order valence-corrected chi connectivity index (χ0v) is 36.8. The average molecular weight is 835 g/mol. The van der Waals surface area contributed by atoms with E-state index in [1.165, 1.54) is 62.6 Å².